The number of carboxylic acid groups (broad SMARTS) is 1. The number of methoxy groups -OCH3 is 1. The molecule has 4 rings (SSSR count). The maximum Gasteiger partial charge on any atom is 0.354 e. The van der Waals surface area contributed by atoms with Crippen LogP contribution in [-0.4, -0.2) is 88.5 Å². The van der Waals surface area contributed by atoms with Crippen LogP contribution < -0.4 is 10.2 Å². The first-order valence-electron chi connectivity index (χ1n) is 11.9. The number of hydrogen-bond donors (Lipinski definition) is 4. The number of aromatic nitrogens is 3. The molecule has 0 bridgehead atoms. The molecule has 2 fully saturated rings. The standard InChI is InChI=1S/C24H33N7O4/c1-30(2)23-26-10-14(11-27-23)17-9-18(22(32)33)29-21(28-16-7-5-4-6-8-16)19(17)20(25)15-12-31(13-15)24(34)35-3/h9-11,15-16,24-25,34H,4-8,12-13H2,1-3H3,(H,28,29)(H,32,33). The van der Waals surface area contributed by atoms with E-state index in [9.17, 15) is 15.0 Å². The molecule has 0 amide bonds. The zero-order valence-corrected chi connectivity index (χ0v) is 20.4. The summed E-state index contributed by atoms with van der Waals surface area (Å²) in [5.74, 6) is -0.370. The summed E-state index contributed by atoms with van der Waals surface area (Å²) in [6.45, 7) is 0.903. The van der Waals surface area contributed by atoms with Crippen LogP contribution in [0.15, 0.2) is 18.5 Å². The molecule has 4 N–H and O–H groups in total. The molecule has 1 aliphatic heterocycles. The van der Waals surface area contributed by atoms with Gasteiger partial charge in [-0.25, -0.2) is 19.7 Å². The summed E-state index contributed by atoms with van der Waals surface area (Å²) in [5, 5.41) is 32.3. The molecule has 35 heavy (non-hydrogen) atoms. The van der Waals surface area contributed by atoms with E-state index in [-0.39, 0.29) is 17.7 Å². The van der Waals surface area contributed by atoms with Gasteiger partial charge in [0.15, 0.2) is 5.69 Å². The predicted molar refractivity (Wildman–Crippen MR) is 132 cm³/mol. The monoisotopic (exact) mass is 483 g/mol. The second-order valence-corrected chi connectivity index (χ2v) is 9.36. The molecule has 2 aromatic heterocycles. The Labute approximate surface area is 204 Å². The lowest BCUT2D eigenvalue weighted by molar-refractivity contribution is -0.202. The molecular formula is C24H33N7O4. The average Bonchev–Trinajstić information content (AvgIpc) is 2.83. The van der Waals surface area contributed by atoms with E-state index in [1.807, 2.05) is 14.1 Å². The number of likely N-dealkylation sites (tertiary alicyclic amines) is 1. The second kappa shape index (κ2) is 10.6. The van der Waals surface area contributed by atoms with Gasteiger partial charge in [0.1, 0.15) is 5.82 Å². The lowest BCUT2D eigenvalue weighted by Crippen LogP contribution is -2.55. The first kappa shape index (κ1) is 25.0. The maximum atomic E-state index is 12.0. The van der Waals surface area contributed by atoms with Crippen molar-refractivity contribution in [1.29, 1.82) is 5.41 Å². The molecule has 188 valence electrons. The van der Waals surface area contributed by atoms with E-state index >= 15 is 0 Å². The SMILES string of the molecule is COC(O)N1CC(C(=N)c2c(-c3cnc(N(C)C)nc3)cc(C(=O)O)nc2NC2CCCCC2)C1. The van der Waals surface area contributed by atoms with Crippen LogP contribution in [0.4, 0.5) is 11.8 Å². The number of aliphatic hydroxyl groups excluding tert-OH is 1. The smallest absolute Gasteiger partial charge is 0.354 e. The van der Waals surface area contributed by atoms with Gasteiger partial charge in [0.05, 0.1) is 0 Å². The molecule has 1 saturated carbocycles. The van der Waals surface area contributed by atoms with Crippen molar-refractivity contribution in [2.75, 3.05) is 44.5 Å². The van der Waals surface area contributed by atoms with Crippen molar-refractivity contribution >= 4 is 23.4 Å². The zero-order valence-electron chi connectivity index (χ0n) is 20.4. The highest BCUT2D eigenvalue weighted by atomic mass is 16.6. The molecule has 1 atom stereocenters. The number of nitrogens with one attached hydrogen (secondary N) is 2. The quantitative estimate of drug-likeness (QED) is 0.309. The first-order valence-corrected chi connectivity index (χ1v) is 11.9. The number of pyridine rings is 1. The van der Waals surface area contributed by atoms with Crippen LogP contribution >= 0.6 is 0 Å². The normalized spacial score (nSPS) is 18.1. The molecule has 2 aliphatic rings. The van der Waals surface area contributed by atoms with Crippen molar-refractivity contribution in [1.82, 2.24) is 19.9 Å². The molecular weight excluding hydrogens is 450 g/mol. The maximum absolute atomic E-state index is 12.0. The number of nitrogens with zero attached hydrogens (tertiary/aromatic N) is 5. The third-order valence-corrected chi connectivity index (χ3v) is 6.64. The Morgan fingerprint density at radius 1 is 1.23 bits per heavy atom. The van der Waals surface area contributed by atoms with Gasteiger partial charge in [-0.2, -0.15) is 0 Å². The van der Waals surface area contributed by atoms with E-state index in [1.165, 1.54) is 19.6 Å². The lowest BCUT2D eigenvalue weighted by atomic mass is 9.86. The Morgan fingerprint density at radius 3 is 2.46 bits per heavy atom. The van der Waals surface area contributed by atoms with Gasteiger partial charge in [-0.3, -0.25) is 4.90 Å². The molecule has 2 aromatic rings. The van der Waals surface area contributed by atoms with Crippen LogP contribution in [0.2, 0.25) is 0 Å². The number of anilines is 2. The molecule has 11 nitrogen and oxygen atoms in total. The molecule has 0 aromatic carbocycles. The average molecular weight is 484 g/mol. The lowest BCUT2D eigenvalue weighted by Gasteiger charge is -2.41. The van der Waals surface area contributed by atoms with Gasteiger partial charge >= 0.3 is 5.97 Å². The van der Waals surface area contributed by atoms with Crippen LogP contribution in [-0.2, 0) is 4.74 Å². The fraction of sp³-hybridized carbons (Fsp3) is 0.542. The van der Waals surface area contributed by atoms with Crippen molar-refractivity contribution < 1.29 is 19.7 Å². The Morgan fingerprint density at radius 2 is 1.89 bits per heavy atom. The molecule has 0 spiro atoms. The number of aromatic carboxylic acids is 1. The van der Waals surface area contributed by atoms with Gasteiger partial charge in [-0.1, -0.05) is 19.3 Å². The third-order valence-electron chi connectivity index (χ3n) is 6.64. The summed E-state index contributed by atoms with van der Waals surface area (Å²) in [6, 6.07) is 1.66. The van der Waals surface area contributed by atoms with Crippen LogP contribution in [0.3, 0.4) is 0 Å². The number of hydrogen-bond acceptors (Lipinski definition) is 10. The highest BCUT2D eigenvalue weighted by Crippen LogP contribution is 2.35. The number of ether oxygens (including phenoxy) is 1. The largest absolute Gasteiger partial charge is 0.477 e. The molecule has 1 saturated heterocycles. The van der Waals surface area contributed by atoms with Gasteiger partial charge in [-0.15, -0.1) is 0 Å². The van der Waals surface area contributed by atoms with E-state index in [0.717, 1.165) is 25.7 Å². The van der Waals surface area contributed by atoms with E-state index in [1.54, 1.807) is 22.2 Å². The number of aliphatic hydroxyl groups is 1. The van der Waals surface area contributed by atoms with Crippen LogP contribution in [0, 0.1) is 11.3 Å². The van der Waals surface area contributed by atoms with Crippen LogP contribution in [0.5, 0.6) is 0 Å². The fourth-order valence-corrected chi connectivity index (χ4v) is 4.62. The number of rotatable bonds is 9. The Bertz CT molecular complexity index is 1060. The van der Waals surface area contributed by atoms with Crippen molar-refractivity contribution in [3.63, 3.8) is 0 Å². The molecule has 11 heteroatoms. The highest BCUT2D eigenvalue weighted by Gasteiger charge is 2.37. The molecule has 1 aliphatic carbocycles. The van der Waals surface area contributed by atoms with Crippen molar-refractivity contribution in [3.05, 3.63) is 29.7 Å². The third kappa shape index (κ3) is 5.42. The minimum absolute atomic E-state index is 0.100. The second-order valence-electron chi connectivity index (χ2n) is 9.36. The van der Waals surface area contributed by atoms with Gasteiger partial charge in [0.25, 0.3) is 0 Å². The van der Waals surface area contributed by atoms with Crippen molar-refractivity contribution in [2.24, 2.45) is 5.92 Å². The van der Waals surface area contributed by atoms with E-state index < -0.39 is 12.4 Å². The topological polar surface area (TPSA) is 148 Å². The number of carbonyl (C=O) groups is 1. The van der Waals surface area contributed by atoms with Gasteiger partial charge in [0, 0.05) is 75.5 Å². The van der Waals surface area contributed by atoms with Gasteiger partial charge in [0.2, 0.25) is 12.4 Å². The molecule has 3 heterocycles. The summed E-state index contributed by atoms with van der Waals surface area (Å²) in [6.07, 6.45) is 7.60. The van der Waals surface area contributed by atoms with Crippen molar-refractivity contribution in [3.8, 4) is 11.1 Å². The van der Waals surface area contributed by atoms with Crippen LogP contribution in [0.1, 0.15) is 48.2 Å². The minimum atomic E-state index is -1.14. The predicted octanol–water partition coefficient (Wildman–Crippen LogP) is 2.27. The Hall–Kier alpha value is -3.15. The molecule has 1 unspecified atom stereocenters. The Balaban J connectivity index is 1.77. The fourth-order valence-electron chi connectivity index (χ4n) is 4.62. The Kier molecular flexibility index (Phi) is 7.58. The van der Waals surface area contributed by atoms with E-state index in [2.05, 4.69) is 20.3 Å². The summed E-state index contributed by atoms with van der Waals surface area (Å²) >= 11 is 0. The zero-order chi connectivity index (χ0) is 25.1. The van der Waals surface area contributed by atoms with Gasteiger partial charge in [-0.05, 0) is 24.5 Å². The minimum Gasteiger partial charge on any atom is -0.477 e. The number of carboxylic acids is 1. The van der Waals surface area contributed by atoms with Crippen molar-refractivity contribution in [2.45, 2.75) is 44.6 Å². The summed E-state index contributed by atoms with van der Waals surface area (Å²) in [4.78, 5) is 28.7. The first-order chi connectivity index (χ1) is 16.8. The summed E-state index contributed by atoms with van der Waals surface area (Å²) in [5.41, 5.74) is 1.95. The van der Waals surface area contributed by atoms with Crippen LogP contribution in [0.25, 0.3) is 11.1 Å². The van der Waals surface area contributed by atoms with E-state index in [4.69, 9.17) is 10.1 Å². The van der Waals surface area contributed by atoms with Gasteiger partial charge < -0.3 is 30.6 Å². The molecule has 0 radical (unpaired) electrons. The van der Waals surface area contributed by atoms with E-state index in [0.29, 0.717) is 47.3 Å². The highest BCUT2D eigenvalue weighted by molar-refractivity contribution is 6.10. The summed E-state index contributed by atoms with van der Waals surface area (Å²) < 4.78 is 4.98. The summed E-state index contributed by atoms with van der Waals surface area (Å²) in [7, 11) is 5.11.